The van der Waals surface area contributed by atoms with Gasteiger partial charge in [-0.2, -0.15) is 0 Å². The largest absolute Gasteiger partial charge is 0.352 e. The first-order chi connectivity index (χ1) is 7.72. The van der Waals surface area contributed by atoms with Gasteiger partial charge in [0.15, 0.2) is 0 Å². The quantitative estimate of drug-likeness (QED) is 0.868. The molecule has 0 unspecified atom stereocenters. The number of amides is 1. The van der Waals surface area contributed by atoms with Gasteiger partial charge < -0.3 is 5.32 Å². The molecule has 3 nitrogen and oxygen atoms in total. The topological polar surface area (TPSA) is 42.0 Å². The van der Waals surface area contributed by atoms with E-state index in [0.29, 0.717) is 17.1 Å². The molecule has 0 saturated heterocycles. The van der Waals surface area contributed by atoms with Gasteiger partial charge in [-0.25, -0.2) is 0 Å². The second-order valence-electron chi connectivity index (χ2n) is 3.38. The van der Waals surface area contributed by atoms with Crippen LogP contribution in [0, 0.1) is 0 Å². The van der Waals surface area contributed by atoms with E-state index in [0.717, 1.165) is 10.9 Å². The molecule has 1 amide bonds. The van der Waals surface area contributed by atoms with Crippen LogP contribution < -0.4 is 5.32 Å². The van der Waals surface area contributed by atoms with E-state index in [1.807, 2.05) is 13.0 Å². The molecule has 0 bridgehead atoms. The van der Waals surface area contributed by atoms with E-state index in [9.17, 15) is 4.79 Å². The number of fused-ring (bicyclic) bond motifs is 1. The van der Waals surface area contributed by atoms with Gasteiger partial charge in [-0.1, -0.05) is 17.7 Å². The standard InChI is InChI=1S/C12H11ClN2O/c1-2-14-12(16)10-5-6-15-11-7-8(13)3-4-9(10)11/h3-7H,2H2,1H3,(H,14,16). The van der Waals surface area contributed by atoms with E-state index in [1.54, 1.807) is 24.4 Å². The molecule has 0 saturated carbocycles. The van der Waals surface area contributed by atoms with Gasteiger partial charge in [-0.05, 0) is 25.1 Å². The normalized spacial score (nSPS) is 10.4. The van der Waals surface area contributed by atoms with Gasteiger partial charge in [0.25, 0.3) is 5.91 Å². The number of carbonyl (C=O) groups excluding carboxylic acids is 1. The number of rotatable bonds is 2. The molecule has 0 aliphatic rings. The van der Waals surface area contributed by atoms with Gasteiger partial charge >= 0.3 is 0 Å². The molecule has 1 aromatic heterocycles. The summed E-state index contributed by atoms with van der Waals surface area (Å²) in [6, 6.07) is 7.03. The summed E-state index contributed by atoms with van der Waals surface area (Å²) in [7, 11) is 0. The lowest BCUT2D eigenvalue weighted by Crippen LogP contribution is -2.22. The SMILES string of the molecule is CCNC(=O)c1ccnc2cc(Cl)ccc12. The van der Waals surface area contributed by atoms with Crippen molar-refractivity contribution >= 4 is 28.4 Å². The Morgan fingerprint density at radius 1 is 1.44 bits per heavy atom. The lowest BCUT2D eigenvalue weighted by atomic mass is 10.1. The van der Waals surface area contributed by atoms with E-state index < -0.39 is 0 Å². The average Bonchev–Trinajstić information content (AvgIpc) is 2.28. The molecule has 0 atom stereocenters. The van der Waals surface area contributed by atoms with E-state index in [4.69, 9.17) is 11.6 Å². The monoisotopic (exact) mass is 234 g/mol. The number of benzene rings is 1. The molecule has 0 aliphatic heterocycles. The van der Waals surface area contributed by atoms with Crippen LogP contribution in [0.4, 0.5) is 0 Å². The molecule has 4 heteroatoms. The smallest absolute Gasteiger partial charge is 0.252 e. The molecular formula is C12H11ClN2O. The van der Waals surface area contributed by atoms with Crippen molar-refractivity contribution in [2.45, 2.75) is 6.92 Å². The van der Waals surface area contributed by atoms with E-state index in [-0.39, 0.29) is 5.91 Å². The zero-order valence-corrected chi connectivity index (χ0v) is 9.58. The highest BCUT2D eigenvalue weighted by atomic mass is 35.5. The van der Waals surface area contributed by atoms with Crippen LogP contribution in [0.15, 0.2) is 30.5 Å². The van der Waals surface area contributed by atoms with Crippen molar-refractivity contribution in [2.75, 3.05) is 6.54 Å². The minimum Gasteiger partial charge on any atom is -0.352 e. The Hall–Kier alpha value is -1.61. The molecule has 0 aliphatic carbocycles. The van der Waals surface area contributed by atoms with E-state index in [2.05, 4.69) is 10.3 Å². The molecule has 1 heterocycles. The maximum Gasteiger partial charge on any atom is 0.252 e. The number of hydrogen-bond acceptors (Lipinski definition) is 2. The number of nitrogens with one attached hydrogen (secondary N) is 1. The van der Waals surface area contributed by atoms with Gasteiger partial charge in [0.2, 0.25) is 0 Å². The molecule has 1 N–H and O–H groups in total. The summed E-state index contributed by atoms with van der Waals surface area (Å²) in [6.45, 7) is 2.49. The summed E-state index contributed by atoms with van der Waals surface area (Å²) in [6.07, 6.45) is 1.61. The van der Waals surface area contributed by atoms with Crippen LogP contribution in [-0.2, 0) is 0 Å². The van der Waals surface area contributed by atoms with Crippen LogP contribution in [0.2, 0.25) is 5.02 Å². The van der Waals surface area contributed by atoms with Crippen molar-refractivity contribution in [2.24, 2.45) is 0 Å². The molecule has 82 valence electrons. The third-order valence-corrected chi connectivity index (χ3v) is 2.52. The number of nitrogens with zero attached hydrogens (tertiary/aromatic N) is 1. The van der Waals surface area contributed by atoms with Gasteiger partial charge in [0.05, 0.1) is 11.1 Å². The first kappa shape index (κ1) is 10.9. The van der Waals surface area contributed by atoms with Crippen LogP contribution in [0.1, 0.15) is 17.3 Å². The molecule has 0 spiro atoms. The first-order valence-electron chi connectivity index (χ1n) is 5.05. The fourth-order valence-corrected chi connectivity index (χ4v) is 1.74. The Kier molecular flexibility index (Phi) is 3.06. The van der Waals surface area contributed by atoms with Gasteiger partial charge in [0.1, 0.15) is 0 Å². The molecule has 2 aromatic rings. The molecule has 2 rings (SSSR count). The Balaban J connectivity index is 2.58. The Labute approximate surface area is 98.4 Å². The molecule has 16 heavy (non-hydrogen) atoms. The fourth-order valence-electron chi connectivity index (χ4n) is 1.58. The highest BCUT2D eigenvalue weighted by molar-refractivity contribution is 6.31. The predicted octanol–water partition coefficient (Wildman–Crippen LogP) is 2.64. The van der Waals surface area contributed by atoms with Gasteiger partial charge in [0, 0.05) is 23.2 Å². The van der Waals surface area contributed by atoms with Crippen LogP contribution >= 0.6 is 11.6 Å². The lowest BCUT2D eigenvalue weighted by molar-refractivity contribution is 0.0957. The van der Waals surface area contributed by atoms with Crippen LogP contribution in [0.25, 0.3) is 10.9 Å². The highest BCUT2D eigenvalue weighted by Gasteiger charge is 2.09. The first-order valence-corrected chi connectivity index (χ1v) is 5.42. The van der Waals surface area contributed by atoms with Crippen molar-refractivity contribution in [3.8, 4) is 0 Å². The third-order valence-electron chi connectivity index (χ3n) is 2.29. The Morgan fingerprint density at radius 2 is 2.25 bits per heavy atom. The maximum absolute atomic E-state index is 11.8. The zero-order valence-electron chi connectivity index (χ0n) is 8.83. The van der Waals surface area contributed by atoms with Crippen molar-refractivity contribution in [1.82, 2.24) is 10.3 Å². The minimum atomic E-state index is -0.0859. The summed E-state index contributed by atoms with van der Waals surface area (Å²) in [4.78, 5) is 16.0. The third kappa shape index (κ3) is 1.99. The average molecular weight is 235 g/mol. The fraction of sp³-hybridized carbons (Fsp3) is 0.167. The molecule has 1 aromatic carbocycles. The van der Waals surface area contributed by atoms with E-state index in [1.165, 1.54) is 0 Å². The summed E-state index contributed by atoms with van der Waals surface area (Å²) in [5.41, 5.74) is 1.36. The molecule has 0 fully saturated rings. The van der Waals surface area contributed by atoms with Crippen molar-refractivity contribution in [3.63, 3.8) is 0 Å². The van der Waals surface area contributed by atoms with Gasteiger partial charge in [-0.3, -0.25) is 9.78 Å². The number of aromatic nitrogens is 1. The molecular weight excluding hydrogens is 224 g/mol. The number of hydrogen-bond donors (Lipinski definition) is 1. The summed E-state index contributed by atoms with van der Waals surface area (Å²) in [5.74, 6) is -0.0859. The highest BCUT2D eigenvalue weighted by Crippen LogP contribution is 2.20. The summed E-state index contributed by atoms with van der Waals surface area (Å²) < 4.78 is 0. The van der Waals surface area contributed by atoms with Crippen LogP contribution in [0.3, 0.4) is 0 Å². The summed E-state index contributed by atoms with van der Waals surface area (Å²) in [5, 5.41) is 4.20. The second kappa shape index (κ2) is 4.49. The minimum absolute atomic E-state index is 0.0859. The zero-order chi connectivity index (χ0) is 11.5. The van der Waals surface area contributed by atoms with Crippen LogP contribution in [0.5, 0.6) is 0 Å². The second-order valence-corrected chi connectivity index (χ2v) is 3.82. The summed E-state index contributed by atoms with van der Waals surface area (Å²) >= 11 is 5.87. The Morgan fingerprint density at radius 3 is 3.00 bits per heavy atom. The number of pyridine rings is 1. The number of carbonyl (C=O) groups is 1. The van der Waals surface area contributed by atoms with Crippen LogP contribution in [-0.4, -0.2) is 17.4 Å². The van der Waals surface area contributed by atoms with E-state index >= 15 is 0 Å². The van der Waals surface area contributed by atoms with Crippen molar-refractivity contribution in [1.29, 1.82) is 0 Å². The lowest BCUT2D eigenvalue weighted by Gasteiger charge is -2.05. The van der Waals surface area contributed by atoms with Gasteiger partial charge in [-0.15, -0.1) is 0 Å². The maximum atomic E-state index is 11.8. The van der Waals surface area contributed by atoms with Crippen molar-refractivity contribution < 1.29 is 4.79 Å². The Bertz CT molecular complexity index is 540. The predicted molar refractivity (Wildman–Crippen MR) is 64.8 cm³/mol. The number of halogens is 1. The van der Waals surface area contributed by atoms with Crippen molar-refractivity contribution in [3.05, 3.63) is 41.0 Å². The molecule has 0 radical (unpaired) electrons.